The quantitative estimate of drug-likeness (QED) is 0.456. The Balaban J connectivity index is 2.74. The molecule has 1 aliphatic carbocycles. The highest BCUT2D eigenvalue weighted by atomic mass is 16.1. The van der Waals surface area contributed by atoms with Crippen LogP contribution < -0.4 is 0 Å². The number of carbonyl (C=O) groups excluding carboxylic acids is 2. The van der Waals surface area contributed by atoms with Gasteiger partial charge in [-0.05, 0) is 31.6 Å². The molecule has 0 spiro atoms. The van der Waals surface area contributed by atoms with Crippen molar-refractivity contribution in [3.63, 3.8) is 0 Å². The van der Waals surface area contributed by atoms with Crippen LogP contribution in [0, 0.1) is 0 Å². The lowest BCUT2D eigenvalue weighted by Gasteiger charge is -2.02. The van der Waals surface area contributed by atoms with E-state index in [1.165, 1.54) is 18.2 Å². The minimum atomic E-state index is -0.103. The summed E-state index contributed by atoms with van der Waals surface area (Å²) >= 11 is 0. The van der Waals surface area contributed by atoms with Gasteiger partial charge in [-0.3, -0.25) is 9.59 Å². The lowest BCUT2D eigenvalue weighted by Crippen LogP contribution is -2.06. The van der Waals surface area contributed by atoms with E-state index < -0.39 is 0 Å². The molecule has 1 aliphatic rings. The molecule has 1 rings (SSSR count). The van der Waals surface area contributed by atoms with Crippen molar-refractivity contribution in [1.29, 1.82) is 0 Å². The van der Waals surface area contributed by atoms with Crippen molar-refractivity contribution in [3.8, 4) is 0 Å². The normalized spacial score (nSPS) is 17.2. The molecule has 0 N–H and O–H groups in total. The molecule has 0 aromatic heterocycles. The van der Waals surface area contributed by atoms with E-state index in [2.05, 4.69) is 0 Å². The van der Waals surface area contributed by atoms with E-state index in [-0.39, 0.29) is 11.6 Å². The molecule has 0 radical (unpaired) electrons. The maximum Gasteiger partial charge on any atom is 0.182 e. The molecule has 0 heterocycles. The zero-order chi connectivity index (χ0) is 8.97. The first-order valence-electron chi connectivity index (χ1n) is 3.82. The molecular formula is C10H10O2. The highest BCUT2D eigenvalue weighted by molar-refractivity contribution is 6.17. The van der Waals surface area contributed by atoms with Crippen LogP contribution in [0.15, 0.2) is 36.0 Å². The first kappa shape index (κ1) is 8.65. The summed E-state index contributed by atoms with van der Waals surface area (Å²) in [4.78, 5) is 21.9. The minimum Gasteiger partial charge on any atom is -0.290 e. The third-order valence-electron chi connectivity index (χ3n) is 1.61. The van der Waals surface area contributed by atoms with Gasteiger partial charge in [-0.2, -0.15) is 0 Å². The molecular weight excluding hydrogens is 152 g/mol. The lowest BCUT2D eigenvalue weighted by atomic mass is 10.0. The van der Waals surface area contributed by atoms with E-state index in [1.807, 2.05) is 19.1 Å². The number of hydrogen-bond donors (Lipinski definition) is 0. The zero-order valence-corrected chi connectivity index (χ0v) is 6.91. The predicted molar refractivity (Wildman–Crippen MR) is 46.7 cm³/mol. The average Bonchev–Trinajstić information content (AvgIpc) is 2.07. The summed E-state index contributed by atoms with van der Waals surface area (Å²) in [7, 11) is 0. The minimum absolute atomic E-state index is 0.0623. The van der Waals surface area contributed by atoms with Crippen molar-refractivity contribution >= 4 is 11.6 Å². The van der Waals surface area contributed by atoms with Crippen LogP contribution in [0.2, 0.25) is 0 Å². The van der Waals surface area contributed by atoms with Crippen molar-refractivity contribution in [2.75, 3.05) is 0 Å². The second-order valence-corrected chi connectivity index (χ2v) is 2.54. The van der Waals surface area contributed by atoms with Gasteiger partial charge in [-0.25, -0.2) is 0 Å². The summed E-state index contributed by atoms with van der Waals surface area (Å²) in [6.45, 7) is 1.88. The van der Waals surface area contributed by atoms with Crippen molar-refractivity contribution in [1.82, 2.24) is 0 Å². The Kier molecular flexibility index (Phi) is 2.75. The monoisotopic (exact) mass is 162 g/mol. The van der Waals surface area contributed by atoms with Crippen LogP contribution in [0.5, 0.6) is 0 Å². The maximum atomic E-state index is 11.1. The Hall–Kier alpha value is -1.44. The van der Waals surface area contributed by atoms with Gasteiger partial charge in [0.25, 0.3) is 0 Å². The van der Waals surface area contributed by atoms with Gasteiger partial charge in [-0.1, -0.05) is 12.2 Å². The van der Waals surface area contributed by atoms with E-state index in [0.717, 1.165) is 0 Å². The summed E-state index contributed by atoms with van der Waals surface area (Å²) in [6, 6.07) is 0. The fraction of sp³-hybridized carbons (Fsp3) is 0.200. The second kappa shape index (κ2) is 3.81. The summed E-state index contributed by atoms with van der Waals surface area (Å²) in [5.41, 5.74) is 0.570. The zero-order valence-electron chi connectivity index (χ0n) is 6.91. The molecule has 0 aromatic rings. The van der Waals surface area contributed by atoms with Gasteiger partial charge in [0.15, 0.2) is 11.6 Å². The van der Waals surface area contributed by atoms with Gasteiger partial charge < -0.3 is 0 Å². The van der Waals surface area contributed by atoms with Crippen LogP contribution >= 0.6 is 0 Å². The molecule has 0 aliphatic heterocycles. The van der Waals surface area contributed by atoms with Crippen LogP contribution in [0.3, 0.4) is 0 Å². The molecule has 0 amide bonds. The number of hydrogen-bond acceptors (Lipinski definition) is 2. The highest BCUT2D eigenvalue weighted by Crippen LogP contribution is 2.09. The smallest absolute Gasteiger partial charge is 0.182 e. The van der Waals surface area contributed by atoms with E-state index in [1.54, 1.807) is 0 Å². The first-order valence-corrected chi connectivity index (χ1v) is 3.82. The summed E-state index contributed by atoms with van der Waals surface area (Å²) in [5, 5.41) is 0. The van der Waals surface area contributed by atoms with Crippen LogP contribution in [0.4, 0.5) is 0 Å². The molecule has 0 aromatic carbocycles. The standard InChI is InChI=1S/C10H10O2/c1-2-3-4-8-7-9(11)5-6-10(8)12/h2-3,5-7H,4H2,1H3/b3-2+. The number of rotatable bonds is 2. The summed E-state index contributed by atoms with van der Waals surface area (Å²) in [5.74, 6) is -0.165. The molecule has 12 heavy (non-hydrogen) atoms. The van der Waals surface area contributed by atoms with Gasteiger partial charge in [-0.15, -0.1) is 0 Å². The molecule has 62 valence electrons. The van der Waals surface area contributed by atoms with Gasteiger partial charge in [0.1, 0.15) is 0 Å². The highest BCUT2D eigenvalue weighted by Gasteiger charge is 2.10. The van der Waals surface area contributed by atoms with Gasteiger partial charge >= 0.3 is 0 Å². The Morgan fingerprint density at radius 2 is 2.08 bits per heavy atom. The Morgan fingerprint density at radius 1 is 1.33 bits per heavy atom. The van der Waals surface area contributed by atoms with Crippen molar-refractivity contribution < 1.29 is 9.59 Å². The third-order valence-corrected chi connectivity index (χ3v) is 1.61. The van der Waals surface area contributed by atoms with Gasteiger partial charge in [0.05, 0.1) is 0 Å². The van der Waals surface area contributed by atoms with Crippen LogP contribution in [0.25, 0.3) is 0 Å². The fourth-order valence-corrected chi connectivity index (χ4v) is 0.960. The van der Waals surface area contributed by atoms with Gasteiger partial charge in [0.2, 0.25) is 0 Å². The Labute approximate surface area is 71.3 Å². The van der Waals surface area contributed by atoms with E-state index in [0.29, 0.717) is 12.0 Å². The van der Waals surface area contributed by atoms with Crippen molar-refractivity contribution in [3.05, 3.63) is 36.0 Å². The fourth-order valence-electron chi connectivity index (χ4n) is 0.960. The number of ketones is 2. The molecule has 2 nitrogen and oxygen atoms in total. The summed E-state index contributed by atoms with van der Waals surface area (Å²) < 4.78 is 0. The molecule has 0 unspecified atom stereocenters. The Morgan fingerprint density at radius 3 is 2.75 bits per heavy atom. The van der Waals surface area contributed by atoms with Crippen molar-refractivity contribution in [2.45, 2.75) is 13.3 Å². The molecule has 0 atom stereocenters. The van der Waals surface area contributed by atoms with Crippen LogP contribution in [-0.2, 0) is 9.59 Å². The topological polar surface area (TPSA) is 34.1 Å². The van der Waals surface area contributed by atoms with E-state index >= 15 is 0 Å². The maximum absolute atomic E-state index is 11.1. The molecule has 0 saturated heterocycles. The second-order valence-electron chi connectivity index (χ2n) is 2.54. The predicted octanol–water partition coefficient (Wildman–Crippen LogP) is 1.59. The number of carbonyl (C=O) groups is 2. The molecule has 2 heteroatoms. The number of allylic oxidation sites excluding steroid dienone is 6. The largest absolute Gasteiger partial charge is 0.290 e. The SMILES string of the molecule is C/C=C/CC1=CC(=O)C=CC1=O. The summed E-state index contributed by atoms with van der Waals surface area (Å²) in [6.07, 6.45) is 8.27. The molecule has 0 bridgehead atoms. The van der Waals surface area contributed by atoms with Crippen LogP contribution in [-0.4, -0.2) is 11.6 Å². The van der Waals surface area contributed by atoms with Crippen molar-refractivity contribution in [2.24, 2.45) is 0 Å². The third kappa shape index (κ3) is 2.02. The first-order chi connectivity index (χ1) is 5.74. The Bertz CT molecular complexity index is 293. The van der Waals surface area contributed by atoms with Gasteiger partial charge in [0, 0.05) is 5.57 Å². The van der Waals surface area contributed by atoms with Crippen LogP contribution in [0.1, 0.15) is 13.3 Å². The average molecular weight is 162 g/mol. The molecule has 0 saturated carbocycles. The van der Waals surface area contributed by atoms with E-state index in [9.17, 15) is 9.59 Å². The lowest BCUT2D eigenvalue weighted by molar-refractivity contribution is -0.114. The van der Waals surface area contributed by atoms with E-state index in [4.69, 9.17) is 0 Å². The molecule has 0 fully saturated rings.